The van der Waals surface area contributed by atoms with Crippen molar-refractivity contribution in [2.24, 2.45) is 0 Å². The molecule has 1 aromatic heterocycles. The van der Waals surface area contributed by atoms with E-state index in [0.717, 1.165) is 22.3 Å². The second-order valence-corrected chi connectivity index (χ2v) is 7.07. The smallest absolute Gasteiger partial charge is 0.223 e. The maximum atomic E-state index is 12.3. The lowest BCUT2D eigenvalue weighted by atomic mass is 10.2. The topological polar surface area (TPSA) is 46.1 Å². The molecule has 4 nitrogen and oxygen atoms in total. The summed E-state index contributed by atoms with van der Waals surface area (Å²) < 4.78 is 0. The zero-order valence-corrected chi connectivity index (χ0v) is 15.3. The van der Waals surface area contributed by atoms with Gasteiger partial charge < -0.3 is 4.90 Å². The van der Waals surface area contributed by atoms with Crippen molar-refractivity contribution in [1.29, 1.82) is 0 Å². The maximum Gasteiger partial charge on any atom is 0.223 e. The maximum absolute atomic E-state index is 12.3. The van der Waals surface area contributed by atoms with Gasteiger partial charge in [-0.15, -0.1) is 11.8 Å². The summed E-state index contributed by atoms with van der Waals surface area (Å²) in [6.07, 6.45) is 0.503. The number of aromatic nitrogens is 2. The molecule has 2 aromatic carbocycles. The van der Waals surface area contributed by atoms with E-state index in [1.165, 1.54) is 4.90 Å². The third-order valence-electron chi connectivity index (χ3n) is 3.97. The predicted molar refractivity (Wildman–Crippen MR) is 103 cm³/mol. The summed E-state index contributed by atoms with van der Waals surface area (Å²) in [4.78, 5) is 24.4. The van der Waals surface area contributed by atoms with Gasteiger partial charge in [0.25, 0.3) is 0 Å². The van der Waals surface area contributed by atoms with Crippen LogP contribution in [0.15, 0.2) is 59.5 Å². The van der Waals surface area contributed by atoms with Gasteiger partial charge in [-0.3, -0.25) is 4.79 Å². The van der Waals surface area contributed by atoms with Gasteiger partial charge >= 0.3 is 0 Å². The van der Waals surface area contributed by atoms with Gasteiger partial charge in [0, 0.05) is 35.2 Å². The molecule has 0 saturated heterocycles. The van der Waals surface area contributed by atoms with Crippen LogP contribution < -0.4 is 0 Å². The van der Waals surface area contributed by atoms with E-state index in [1.807, 2.05) is 56.4 Å². The van der Waals surface area contributed by atoms with E-state index in [0.29, 0.717) is 18.8 Å². The highest BCUT2D eigenvalue weighted by atomic mass is 32.2. The molecule has 25 heavy (non-hydrogen) atoms. The summed E-state index contributed by atoms with van der Waals surface area (Å²) >= 11 is 1.70. The van der Waals surface area contributed by atoms with Crippen molar-refractivity contribution in [1.82, 2.24) is 14.9 Å². The number of aryl methyl sites for hydroxylation is 1. The molecule has 0 aliphatic heterocycles. The number of thioether (sulfide) groups is 1. The lowest BCUT2D eigenvalue weighted by Crippen LogP contribution is -2.27. The van der Waals surface area contributed by atoms with Crippen LogP contribution in [0.5, 0.6) is 0 Å². The predicted octanol–water partition coefficient (Wildman–Crippen LogP) is 4.08. The molecule has 1 heterocycles. The average molecular weight is 351 g/mol. The monoisotopic (exact) mass is 351 g/mol. The highest BCUT2D eigenvalue weighted by Crippen LogP contribution is 2.19. The molecule has 0 fully saturated rings. The molecule has 0 spiro atoms. The Balaban J connectivity index is 1.58. The van der Waals surface area contributed by atoms with E-state index >= 15 is 0 Å². The summed E-state index contributed by atoms with van der Waals surface area (Å²) in [5.41, 5.74) is 1.87. The Labute approximate surface area is 152 Å². The van der Waals surface area contributed by atoms with E-state index in [4.69, 9.17) is 0 Å². The largest absolute Gasteiger partial charge is 0.338 e. The Hall–Kier alpha value is -2.40. The molecule has 128 valence electrons. The fraction of sp³-hybridized carbons (Fsp3) is 0.250. The molecule has 3 aromatic rings. The summed E-state index contributed by atoms with van der Waals surface area (Å²) in [6, 6.07) is 18.1. The van der Waals surface area contributed by atoms with Crippen molar-refractivity contribution in [2.45, 2.75) is 24.8 Å². The van der Waals surface area contributed by atoms with Crippen molar-refractivity contribution in [3.63, 3.8) is 0 Å². The van der Waals surface area contributed by atoms with Crippen molar-refractivity contribution >= 4 is 28.6 Å². The number of hydrogen-bond acceptors (Lipinski definition) is 4. The number of hydrogen-bond donors (Lipinski definition) is 0. The Bertz CT molecular complexity index is 867. The van der Waals surface area contributed by atoms with E-state index in [9.17, 15) is 4.79 Å². The third kappa shape index (κ3) is 4.57. The Morgan fingerprint density at radius 1 is 1.04 bits per heavy atom. The van der Waals surface area contributed by atoms with Crippen LogP contribution in [0.3, 0.4) is 0 Å². The molecular formula is C20H21N3OS. The van der Waals surface area contributed by atoms with Crippen LogP contribution >= 0.6 is 11.8 Å². The molecule has 5 heteroatoms. The van der Waals surface area contributed by atoms with Gasteiger partial charge in [-0.05, 0) is 25.1 Å². The molecule has 0 bridgehead atoms. The minimum atomic E-state index is 0.109. The first-order chi connectivity index (χ1) is 12.1. The first kappa shape index (κ1) is 17.4. The standard InChI is InChI=1S/C20H21N3OS/c1-15-17-10-6-7-11-18(17)22-19(21-15)14-23(2)20(24)12-13-25-16-8-4-3-5-9-16/h3-11H,12-14H2,1-2H3. The summed E-state index contributed by atoms with van der Waals surface area (Å²) in [5, 5.41) is 1.06. The SMILES string of the molecule is Cc1nc(CN(C)C(=O)CCSc2ccccc2)nc2ccccc12. The van der Waals surface area contributed by atoms with Crippen LogP contribution in [0.1, 0.15) is 17.9 Å². The second-order valence-electron chi connectivity index (χ2n) is 5.90. The van der Waals surface area contributed by atoms with Gasteiger partial charge in [0.1, 0.15) is 5.82 Å². The highest BCUT2D eigenvalue weighted by molar-refractivity contribution is 7.99. The van der Waals surface area contributed by atoms with Crippen molar-refractivity contribution < 1.29 is 4.79 Å². The molecule has 3 rings (SSSR count). The Kier molecular flexibility index (Phi) is 5.66. The Morgan fingerprint density at radius 3 is 2.56 bits per heavy atom. The lowest BCUT2D eigenvalue weighted by Gasteiger charge is -2.17. The molecule has 1 amide bonds. The van der Waals surface area contributed by atoms with Gasteiger partial charge in [0.2, 0.25) is 5.91 Å². The number of nitrogens with zero attached hydrogens (tertiary/aromatic N) is 3. The van der Waals surface area contributed by atoms with E-state index in [-0.39, 0.29) is 5.91 Å². The van der Waals surface area contributed by atoms with Crippen molar-refractivity contribution in [3.8, 4) is 0 Å². The van der Waals surface area contributed by atoms with E-state index in [2.05, 4.69) is 22.1 Å². The van der Waals surface area contributed by atoms with E-state index < -0.39 is 0 Å². The summed E-state index contributed by atoms with van der Waals surface area (Å²) in [5.74, 6) is 1.56. The molecule has 0 unspecified atom stereocenters. The fourth-order valence-corrected chi connectivity index (χ4v) is 3.49. The molecule has 0 N–H and O–H groups in total. The third-order valence-corrected chi connectivity index (χ3v) is 4.99. The van der Waals surface area contributed by atoms with Crippen LogP contribution in [-0.2, 0) is 11.3 Å². The number of carbonyl (C=O) groups excluding carboxylic acids is 1. The number of benzene rings is 2. The molecular weight excluding hydrogens is 330 g/mol. The normalized spacial score (nSPS) is 10.8. The average Bonchev–Trinajstić information content (AvgIpc) is 2.62. The van der Waals surface area contributed by atoms with Gasteiger partial charge in [0.15, 0.2) is 0 Å². The minimum Gasteiger partial charge on any atom is -0.338 e. The second kappa shape index (κ2) is 8.12. The zero-order chi connectivity index (χ0) is 17.6. The molecule has 0 aliphatic carbocycles. The van der Waals surface area contributed by atoms with Crippen LogP contribution in [-0.4, -0.2) is 33.6 Å². The van der Waals surface area contributed by atoms with Gasteiger partial charge in [0.05, 0.1) is 12.1 Å². The van der Waals surface area contributed by atoms with Gasteiger partial charge in [-0.1, -0.05) is 36.4 Å². The van der Waals surface area contributed by atoms with Crippen LogP contribution in [0.4, 0.5) is 0 Å². The quantitative estimate of drug-likeness (QED) is 0.628. The summed E-state index contributed by atoms with van der Waals surface area (Å²) in [6.45, 7) is 2.41. The minimum absolute atomic E-state index is 0.109. The first-order valence-corrected chi connectivity index (χ1v) is 9.26. The van der Waals surface area contributed by atoms with Crippen molar-refractivity contribution in [2.75, 3.05) is 12.8 Å². The first-order valence-electron chi connectivity index (χ1n) is 8.27. The Morgan fingerprint density at radius 2 is 1.76 bits per heavy atom. The van der Waals surface area contributed by atoms with Crippen LogP contribution in [0.25, 0.3) is 10.9 Å². The number of para-hydroxylation sites is 1. The van der Waals surface area contributed by atoms with Gasteiger partial charge in [-0.2, -0.15) is 0 Å². The van der Waals surface area contributed by atoms with Crippen LogP contribution in [0, 0.1) is 6.92 Å². The molecule has 0 radical (unpaired) electrons. The van der Waals surface area contributed by atoms with Gasteiger partial charge in [-0.25, -0.2) is 9.97 Å². The number of fused-ring (bicyclic) bond motifs is 1. The lowest BCUT2D eigenvalue weighted by molar-refractivity contribution is -0.130. The number of rotatable bonds is 6. The number of amides is 1. The molecule has 0 aliphatic rings. The number of carbonyl (C=O) groups is 1. The van der Waals surface area contributed by atoms with E-state index in [1.54, 1.807) is 16.7 Å². The summed E-state index contributed by atoms with van der Waals surface area (Å²) in [7, 11) is 1.81. The molecule has 0 atom stereocenters. The van der Waals surface area contributed by atoms with Crippen molar-refractivity contribution in [3.05, 3.63) is 66.1 Å². The fourth-order valence-electron chi connectivity index (χ4n) is 2.63. The zero-order valence-electron chi connectivity index (χ0n) is 14.5. The van der Waals surface area contributed by atoms with Crippen LogP contribution in [0.2, 0.25) is 0 Å². The molecule has 0 saturated carbocycles. The highest BCUT2D eigenvalue weighted by Gasteiger charge is 2.12.